The van der Waals surface area contributed by atoms with Crippen LogP contribution in [0.1, 0.15) is 18.5 Å². The molecule has 2 N–H and O–H groups in total. The third-order valence-corrected chi connectivity index (χ3v) is 4.25. The van der Waals surface area contributed by atoms with E-state index in [0.29, 0.717) is 31.5 Å². The highest BCUT2D eigenvalue weighted by atomic mass is 32.1. The Kier molecular flexibility index (Phi) is 7.84. The minimum Gasteiger partial charge on any atom is -0.383 e. The molecule has 1 aliphatic rings. The lowest BCUT2D eigenvalue weighted by molar-refractivity contribution is 0.0170. The van der Waals surface area contributed by atoms with Crippen LogP contribution in [0.25, 0.3) is 0 Å². The van der Waals surface area contributed by atoms with E-state index in [9.17, 15) is 4.39 Å². The van der Waals surface area contributed by atoms with E-state index < -0.39 is 0 Å². The topological polar surface area (TPSA) is 45.8 Å². The van der Waals surface area contributed by atoms with E-state index in [2.05, 4.69) is 15.5 Å². The van der Waals surface area contributed by atoms with Gasteiger partial charge in [-0.05, 0) is 36.8 Å². The Labute approximate surface area is 148 Å². The van der Waals surface area contributed by atoms with Crippen LogP contribution >= 0.6 is 12.2 Å². The maximum absolute atomic E-state index is 13.2. The van der Waals surface area contributed by atoms with Crippen molar-refractivity contribution >= 4 is 17.3 Å². The van der Waals surface area contributed by atoms with Crippen molar-refractivity contribution in [3.8, 4) is 0 Å². The van der Waals surface area contributed by atoms with Crippen molar-refractivity contribution < 1.29 is 13.9 Å². The van der Waals surface area contributed by atoms with Gasteiger partial charge in [0.05, 0.1) is 25.9 Å². The summed E-state index contributed by atoms with van der Waals surface area (Å²) < 4.78 is 23.8. The van der Waals surface area contributed by atoms with Gasteiger partial charge in [0.15, 0.2) is 5.11 Å². The maximum Gasteiger partial charge on any atom is 0.166 e. The molecule has 0 aliphatic carbocycles. The molecule has 1 fully saturated rings. The molecule has 24 heavy (non-hydrogen) atoms. The van der Waals surface area contributed by atoms with Crippen molar-refractivity contribution in [1.29, 1.82) is 0 Å². The average molecular weight is 355 g/mol. The van der Waals surface area contributed by atoms with Crippen LogP contribution in [0.4, 0.5) is 4.39 Å². The lowest BCUT2D eigenvalue weighted by Gasteiger charge is -2.35. The minimum atomic E-state index is -0.224. The van der Waals surface area contributed by atoms with Gasteiger partial charge in [-0.25, -0.2) is 4.39 Å². The Hall–Kier alpha value is -1.28. The molecule has 0 aromatic heterocycles. The first kappa shape index (κ1) is 19.1. The van der Waals surface area contributed by atoms with Gasteiger partial charge in [0.2, 0.25) is 0 Å². The maximum atomic E-state index is 13.2. The standard InChI is InChI=1S/C17H26FN3O2S/c1-13(12-22-2)20-17(24)19-11-16(21-7-9-23-10-8-21)14-3-5-15(18)6-4-14/h3-6,13,16H,7-12H2,1-2H3,(H2,19,20,24). The van der Waals surface area contributed by atoms with Gasteiger partial charge in [-0.2, -0.15) is 0 Å². The van der Waals surface area contributed by atoms with Crippen LogP contribution in [-0.2, 0) is 9.47 Å². The van der Waals surface area contributed by atoms with Crippen LogP contribution in [0.2, 0.25) is 0 Å². The number of hydrogen-bond acceptors (Lipinski definition) is 4. The molecular weight excluding hydrogens is 329 g/mol. The highest BCUT2D eigenvalue weighted by molar-refractivity contribution is 7.80. The highest BCUT2D eigenvalue weighted by Crippen LogP contribution is 2.21. The van der Waals surface area contributed by atoms with Crippen molar-refractivity contribution in [1.82, 2.24) is 15.5 Å². The van der Waals surface area contributed by atoms with Gasteiger partial charge in [-0.3, -0.25) is 4.90 Å². The number of halogens is 1. The smallest absolute Gasteiger partial charge is 0.166 e. The van der Waals surface area contributed by atoms with E-state index in [1.54, 1.807) is 7.11 Å². The highest BCUT2D eigenvalue weighted by Gasteiger charge is 2.23. The predicted octanol–water partition coefficient (Wildman–Crippen LogP) is 1.70. The van der Waals surface area contributed by atoms with E-state index in [1.807, 2.05) is 19.1 Å². The monoisotopic (exact) mass is 355 g/mol. The molecule has 0 spiro atoms. The third-order valence-electron chi connectivity index (χ3n) is 3.99. The third kappa shape index (κ3) is 5.98. The van der Waals surface area contributed by atoms with Crippen LogP contribution < -0.4 is 10.6 Å². The summed E-state index contributed by atoms with van der Waals surface area (Å²) >= 11 is 5.35. The molecule has 1 saturated heterocycles. The summed E-state index contributed by atoms with van der Waals surface area (Å²) in [6.07, 6.45) is 0. The summed E-state index contributed by atoms with van der Waals surface area (Å²) in [5.74, 6) is -0.224. The Bertz CT molecular complexity index is 509. The van der Waals surface area contributed by atoms with Gasteiger partial charge >= 0.3 is 0 Å². The molecular formula is C17H26FN3O2S. The second-order valence-corrected chi connectivity index (χ2v) is 6.33. The average Bonchev–Trinajstić information content (AvgIpc) is 2.57. The normalized spacial score (nSPS) is 18.0. The Morgan fingerprint density at radius 1 is 1.33 bits per heavy atom. The van der Waals surface area contributed by atoms with Crippen molar-refractivity contribution in [2.24, 2.45) is 0 Å². The molecule has 1 aliphatic heterocycles. The van der Waals surface area contributed by atoms with Gasteiger partial charge in [0.25, 0.3) is 0 Å². The summed E-state index contributed by atoms with van der Waals surface area (Å²) in [6, 6.07) is 6.93. The SMILES string of the molecule is COCC(C)NC(=S)NCC(c1ccc(F)cc1)N1CCOCC1. The summed E-state index contributed by atoms with van der Waals surface area (Å²) in [5.41, 5.74) is 1.07. The number of rotatable bonds is 7. The van der Waals surface area contributed by atoms with Crippen LogP contribution in [0, 0.1) is 5.82 Å². The fraction of sp³-hybridized carbons (Fsp3) is 0.588. The van der Waals surface area contributed by atoms with E-state index in [4.69, 9.17) is 21.7 Å². The molecule has 134 valence electrons. The van der Waals surface area contributed by atoms with Gasteiger partial charge in [0, 0.05) is 32.8 Å². The molecule has 0 bridgehead atoms. The molecule has 0 radical (unpaired) electrons. The number of thiocarbonyl (C=S) groups is 1. The van der Waals surface area contributed by atoms with E-state index >= 15 is 0 Å². The largest absolute Gasteiger partial charge is 0.383 e. The number of morpholine rings is 1. The Morgan fingerprint density at radius 3 is 2.62 bits per heavy atom. The number of benzene rings is 1. The lowest BCUT2D eigenvalue weighted by Crippen LogP contribution is -2.47. The van der Waals surface area contributed by atoms with Gasteiger partial charge in [-0.1, -0.05) is 12.1 Å². The summed E-state index contributed by atoms with van der Waals surface area (Å²) in [7, 11) is 1.66. The summed E-state index contributed by atoms with van der Waals surface area (Å²) in [5, 5.41) is 7.06. The van der Waals surface area contributed by atoms with Crippen molar-refractivity contribution in [3.63, 3.8) is 0 Å². The fourth-order valence-corrected chi connectivity index (χ4v) is 3.07. The molecule has 7 heteroatoms. The van der Waals surface area contributed by atoms with Gasteiger partial charge in [-0.15, -0.1) is 0 Å². The molecule has 1 aromatic carbocycles. The summed E-state index contributed by atoms with van der Waals surface area (Å²) in [6.45, 7) is 6.38. The Balaban J connectivity index is 1.97. The second kappa shape index (κ2) is 9.88. The predicted molar refractivity (Wildman–Crippen MR) is 96.6 cm³/mol. The molecule has 2 atom stereocenters. The van der Waals surface area contributed by atoms with Crippen molar-refractivity contribution in [3.05, 3.63) is 35.6 Å². The van der Waals surface area contributed by atoms with Crippen LogP contribution in [0.15, 0.2) is 24.3 Å². The fourth-order valence-electron chi connectivity index (χ4n) is 2.79. The van der Waals surface area contributed by atoms with E-state index in [0.717, 1.165) is 18.7 Å². The second-order valence-electron chi connectivity index (χ2n) is 5.93. The van der Waals surface area contributed by atoms with Crippen LogP contribution in [0.5, 0.6) is 0 Å². The van der Waals surface area contributed by atoms with Crippen molar-refractivity contribution in [2.75, 3.05) is 46.6 Å². The zero-order valence-corrected chi connectivity index (χ0v) is 15.1. The zero-order valence-electron chi connectivity index (χ0n) is 14.3. The molecule has 0 amide bonds. The van der Waals surface area contributed by atoms with Crippen LogP contribution in [0.3, 0.4) is 0 Å². The summed E-state index contributed by atoms with van der Waals surface area (Å²) in [4.78, 5) is 2.34. The van der Waals surface area contributed by atoms with Crippen LogP contribution in [-0.4, -0.2) is 62.6 Å². The quantitative estimate of drug-likeness (QED) is 0.726. The number of methoxy groups -OCH3 is 1. The molecule has 5 nitrogen and oxygen atoms in total. The lowest BCUT2D eigenvalue weighted by atomic mass is 10.0. The molecule has 0 saturated carbocycles. The zero-order chi connectivity index (χ0) is 17.4. The van der Waals surface area contributed by atoms with Gasteiger partial charge in [0.1, 0.15) is 5.82 Å². The number of ether oxygens (including phenoxy) is 2. The first-order valence-corrected chi connectivity index (χ1v) is 8.61. The van der Waals surface area contributed by atoms with E-state index in [-0.39, 0.29) is 17.9 Å². The first-order chi connectivity index (χ1) is 11.6. The minimum absolute atomic E-state index is 0.118. The van der Waals surface area contributed by atoms with Crippen molar-refractivity contribution in [2.45, 2.75) is 19.0 Å². The van der Waals surface area contributed by atoms with E-state index in [1.165, 1.54) is 12.1 Å². The first-order valence-electron chi connectivity index (χ1n) is 8.20. The Morgan fingerprint density at radius 2 is 2.00 bits per heavy atom. The van der Waals surface area contributed by atoms with Gasteiger partial charge < -0.3 is 20.1 Å². The molecule has 1 heterocycles. The number of hydrogen-bond donors (Lipinski definition) is 2. The molecule has 2 unspecified atom stereocenters. The molecule has 2 rings (SSSR count). The molecule has 1 aromatic rings. The number of nitrogens with one attached hydrogen (secondary N) is 2. The number of nitrogens with zero attached hydrogens (tertiary/aromatic N) is 1.